The maximum absolute atomic E-state index is 12.6. The fourth-order valence-corrected chi connectivity index (χ4v) is 2.75. The second-order valence-corrected chi connectivity index (χ2v) is 5.34. The van der Waals surface area contributed by atoms with Gasteiger partial charge >= 0.3 is 5.97 Å². The number of aromatic hydroxyl groups is 1. The number of carboxylic acids is 1. The number of benzene rings is 1. The Morgan fingerprint density at radius 3 is 2.35 bits per heavy atom. The van der Waals surface area contributed by atoms with Crippen LogP contribution < -0.4 is 0 Å². The van der Waals surface area contributed by atoms with Crippen LogP contribution in [0.25, 0.3) is 0 Å². The summed E-state index contributed by atoms with van der Waals surface area (Å²) in [5.41, 5.74) is 0.877. The van der Waals surface area contributed by atoms with Crippen LogP contribution >= 0.6 is 0 Å². The number of amides is 1. The van der Waals surface area contributed by atoms with Gasteiger partial charge in [-0.1, -0.05) is 12.1 Å². The highest BCUT2D eigenvalue weighted by Gasteiger charge is 2.31. The van der Waals surface area contributed by atoms with Gasteiger partial charge in [0, 0.05) is 6.54 Å². The highest BCUT2D eigenvalue weighted by Crippen LogP contribution is 2.33. The summed E-state index contributed by atoms with van der Waals surface area (Å²) >= 11 is 0. The van der Waals surface area contributed by atoms with E-state index in [4.69, 9.17) is 5.11 Å². The van der Waals surface area contributed by atoms with E-state index in [9.17, 15) is 14.7 Å². The van der Waals surface area contributed by atoms with E-state index in [0.29, 0.717) is 6.54 Å². The Bertz CT molecular complexity index is 728. The number of aromatic carboxylic acids is 1. The van der Waals surface area contributed by atoms with Gasteiger partial charge in [-0.15, -0.1) is 0 Å². The topological polar surface area (TPSA) is 104 Å². The summed E-state index contributed by atoms with van der Waals surface area (Å²) in [5, 5.41) is 18.2. The molecule has 0 aliphatic carbocycles. The van der Waals surface area contributed by atoms with Gasteiger partial charge < -0.3 is 15.1 Å². The molecule has 0 spiro atoms. The molecule has 1 aliphatic heterocycles. The fourth-order valence-electron chi connectivity index (χ4n) is 2.75. The lowest BCUT2D eigenvalue weighted by molar-refractivity contribution is 0.0683. The Labute approximate surface area is 132 Å². The van der Waals surface area contributed by atoms with Crippen molar-refractivity contribution >= 4 is 11.9 Å². The summed E-state index contributed by atoms with van der Waals surface area (Å²) in [6.07, 6.45) is 3.98. The molecule has 1 amide bonds. The molecule has 1 aromatic heterocycles. The van der Waals surface area contributed by atoms with E-state index in [2.05, 4.69) is 9.97 Å². The molecule has 2 heterocycles. The van der Waals surface area contributed by atoms with Gasteiger partial charge in [0.15, 0.2) is 5.69 Å². The molecule has 7 heteroatoms. The SMILES string of the molecule is O=C(O)c1cnc(C(=O)N2CCCC2c2ccc(O)cc2)cn1. The zero-order chi connectivity index (χ0) is 16.4. The molecule has 23 heavy (non-hydrogen) atoms. The largest absolute Gasteiger partial charge is 0.508 e. The molecule has 1 aromatic carbocycles. The zero-order valence-corrected chi connectivity index (χ0v) is 12.2. The molecule has 1 atom stereocenters. The van der Waals surface area contributed by atoms with Gasteiger partial charge in [-0.3, -0.25) is 4.79 Å². The van der Waals surface area contributed by atoms with Crippen LogP contribution in [0.1, 0.15) is 45.4 Å². The first-order chi connectivity index (χ1) is 11.1. The predicted molar refractivity (Wildman–Crippen MR) is 80.1 cm³/mol. The third kappa shape index (κ3) is 2.98. The van der Waals surface area contributed by atoms with Gasteiger partial charge in [-0.05, 0) is 30.5 Å². The monoisotopic (exact) mass is 313 g/mol. The number of rotatable bonds is 3. The highest BCUT2D eigenvalue weighted by atomic mass is 16.4. The van der Waals surface area contributed by atoms with E-state index in [1.54, 1.807) is 29.2 Å². The number of carboxylic acid groups (broad SMARTS) is 1. The fraction of sp³-hybridized carbons (Fsp3) is 0.250. The highest BCUT2D eigenvalue weighted by molar-refractivity contribution is 5.93. The Morgan fingerprint density at radius 2 is 1.74 bits per heavy atom. The molecule has 2 aromatic rings. The summed E-state index contributed by atoms with van der Waals surface area (Å²) in [5.74, 6) is -1.27. The van der Waals surface area contributed by atoms with Crippen LogP contribution in [-0.2, 0) is 0 Å². The van der Waals surface area contributed by atoms with Crippen LogP contribution in [0, 0.1) is 0 Å². The summed E-state index contributed by atoms with van der Waals surface area (Å²) in [7, 11) is 0. The predicted octanol–water partition coefficient (Wildman–Crippen LogP) is 1.86. The van der Waals surface area contributed by atoms with Crippen molar-refractivity contribution in [2.24, 2.45) is 0 Å². The minimum Gasteiger partial charge on any atom is -0.508 e. The van der Waals surface area contributed by atoms with Gasteiger partial charge in [0.05, 0.1) is 18.4 Å². The van der Waals surface area contributed by atoms with Gasteiger partial charge in [0.1, 0.15) is 11.4 Å². The van der Waals surface area contributed by atoms with Crippen LogP contribution in [0.5, 0.6) is 5.75 Å². The molecule has 7 nitrogen and oxygen atoms in total. The lowest BCUT2D eigenvalue weighted by Crippen LogP contribution is -2.31. The maximum Gasteiger partial charge on any atom is 0.356 e. The molecule has 118 valence electrons. The Kier molecular flexibility index (Phi) is 3.92. The van der Waals surface area contributed by atoms with Crippen LogP contribution in [0.15, 0.2) is 36.7 Å². The molecule has 1 fully saturated rings. The maximum atomic E-state index is 12.6. The average molecular weight is 313 g/mol. The summed E-state index contributed by atoms with van der Waals surface area (Å²) in [6, 6.07) is 6.70. The first-order valence-electron chi connectivity index (χ1n) is 7.21. The first-order valence-corrected chi connectivity index (χ1v) is 7.21. The van der Waals surface area contributed by atoms with E-state index in [1.807, 2.05) is 0 Å². The normalized spacial score (nSPS) is 17.2. The second kappa shape index (κ2) is 6.04. The molecular weight excluding hydrogens is 298 g/mol. The lowest BCUT2D eigenvalue weighted by Gasteiger charge is -2.24. The van der Waals surface area contributed by atoms with E-state index < -0.39 is 5.97 Å². The number of hydrogen-bond acceptors (Lipinski definition) is 5. The zero-order valence-electron chi connectivity index (χ0n) is 12.2. The Balaban J connectivity index is 1.82. The Hall–Kier alpha value is -2.96. The quantitative estimate of drug-likeness (QED) is 0.896. The summed E-state index contributed by atoms with van der Waals surface area (Å²) in [4.78, 5) is 32.7. The van der Waals surface area contributed by atoms with Crippen molar-refractivity contribution in [3.05, 3.63) is 53.6 Å². The number of phenols is 1. The molecule has 3 rings (SSSR count). The standard InChI is InChI=1S/C16H15N3O4/c20-11-5-3-10(4-6-11)14-2-1-7-19(14)15(21)12-8-18-13(9-17-12)16(22)23/h3-6,8-9,14,20H,1-2,7H2,(H,22,23). The van der Waals surface area contributed by atoms with Crippen LogP contribution in [-0.4, -0.2) is 43.5 Å². The molecule has 2 N–H and O–H groups in total. The van der Waals surface area contributed by atoms with Crippen molar-refractivity contribution in [1.82, 2.24) is 14.9 Å². The van der Waals surface area contributed by atoms with Crippen molar-refractivity contribution in [2.45, 2.75) is 18.9 Å². The van der Waals surface area contributed by atoms with E-state index >= 15 is 0 Å². The molecule has 0 saturated carbocycles. The van der Waals surface area contributed by atoms with Gasteiger partial charge in [-0.25, -0.2) is 14.8 Å². The van der Waals surface area contributed by atoms with Crippen LogP contribution in [0.4, 0.5) is 0 Å². The van der Waals surface area contributed by atoms with E-state index in [1.165, 1.54) is 6.20 Å². The van der Waals surface area contributed by atoms with Crippen LogP contribution in [0.3, 0.4) is 0 Å². The minimum atomic E-state index is -1.18. The van der Waals surface area contributed by atoms with Crippen molar-refractivity contribution in [3.8, 4) is 5.75 Å². The molecular formula is C16H15N3O4. The minimum absolute atomic E-state index is 0.0796. The number of carbonyl (C=O) groups is 2. The lowest BCUT2D eigenvalue weighted by atomic mass is 10.0. The Morgan fingerprint density at radius 1 is 1.09 bits per heavy atom. The van der Waals surface area contributed by atoms with Crippen molar-refractivity contribution < 1.29 is 19.8 Å². The number of carbonyl (C=O) groups excluding carboxylic acids is 1. The number of hydrogen-bond donors (Lipinski definition) is 2. The van der Waals surface area contributed by atoms with E-state index in [0.717, 1.165) is 24.6 Å². The second-order valence-electron chi connectivity index (χ2n) is 5.34. The molecule has 1 aliphatic rings. The van der Waals surface area contributed by atoms with Crippen molar-refractivity contribution in [1.29, 1.82) is 0 Å². The molecule has 0 bridgehead atoms. The molecule has 1 unspecified atom stereocenters. The molecule has 1 saturated heterocycles. The van der Waals surface area contributed by atoms with Gasteiger partial charge in [-0.2, -0.15) is 0 Å². The van der Waals surface area contributed by atoms with Gasteiger partial charge in [0.25, 0.3) is 5.91 Å². The smallest absolute Gasteiger partial charge is 0.356 e. The third-order valence-electron chi connectivity index (χ3n) is 3.88. The third-order valence-corrected chi connectivity index (χ3v) is 3.88. The van der Waals surface area contributed by atoms with Crippen molar-refractivity contribution in [3.63, 3.8) is 0 Å². The van der Waals surface area contributed by atoms with Gasteiger partial charge in [0.2, 0.25) is 0 Å². The number of phenolic OH excluding ortho intramolecular Hbond substituents is 1. The first kappa shape index (κ1) is 15.0. The summed E-state index contributed by atoms with van der Waals surface area (Å²) in [6.45, 7) is 0.604. The number of likely N-dealkylation sites (tertiary alicyclic amines) is 1. The van der Waals surface area contributed by atoms with Crippen molar-refractivity contribution in [2.75, 3.05) is 6.54 Å². The number of nitrogens with zero attached hydrogens (tertiary/aromatic N) is 3. The average Bonchev–Trinajstić information content (AvgIpc) is 3.04. The van der Waals surface area contributed by atoms with Crippen LogP contribution in [0.2, 0.25) is 0 Å². The number of aromatic nitrogens is 2. The van der Waals surface area contributed by atoms with E-state index in [-0.39, 0.29) is 29.1 Å². The molecule has 0 radical (unpaired) electrons. The summed E-state index contributed by atoms with van der Waals surface area (Å²) < 4.78 is 0.